The average molecular weight is 222 g/mol. The smallest absolute Gasteiger partial charge is 0.129 e. The van der Waals surface area contributed by atoms with Gasteiger partial charge in [-0.05, 0) is 26.0 Å². The topological polar surface area (TPSA) is 38.7 Å². The Bertz CT molecular complexity index is 356. The van der Waals surface area contributed by atoms with E-state index in [0.717, 1.165) is 11.3 Å². The van der Waals surface area contributed by atoms with Crippen LogP contribution in [-0.2, 0) is 0 Å². The molecule has 0 aromatic heterocycles. The van der Waals surface area contributed by atoms with E-state index in [1.807, 2.05) is 31.2 Å². The molecule has 0 aliphatic carbocycles. The molecule has 0 saturated carbocycles. The van der Waals surface area contributed by atoms with Gasteiger partial charge >= 0.3 is 0 Å². The summed E-state index contributed by atoms with van der Waals surface area (Å²) >= 11 is 0. The molecule has 16 heavy (non-hydrogen) atoms. The lowest BCUT2D eigenvalue weighted by atomic mass is 10.1. The van der Waals surface area contributed by atoms with E-state index >= 15 is 0 Å². The molecule has 0 unspecified atom stereocenters. The van der Waals surface area contributed by atoms with Crippen molar-refractivity contribution in [1.29, 1.82) is 0 Å². The van der Waals surface area contributed by atoms with Gasteiger partial charge in [-0.1, -0.05) is 12.2 Å². The molecule has 3 heteroatoms. The van der Waals surface area contributed by atoms with Crippen LogP contribution in [-0.4, -0.2) is 18.8 Å². The first-order valence-electron chi connectivity index (χ1n) is 5.29. The lowest BCUT2D eigenvalue weighted by Crippen LogP contribution is -2.01. The van der Waals surface area contributed by atoms with Crippen LogP contribution in [0.15, 0.2) is 30.4 Å². The maximum Gasteiger partial charge on any atom is 0.129 e. The van der Waals surface area contributed by atoms with Crippen LogP contribution in [0.5, 0.6) is 11.5 Å². The second kappa shape index (κ2) is 6.18. The van der Waals surface area contributed by atoms with Crippen LogP contribution in [0.1, 0.15) is 25.5 Å². The molecule has 0 radical (unpaired) electrons. The van der Waals surface area contributed by atoms with Gasteiger partial charge in [0.05, 0.1) is 13.2 Å². The van der Waals surface area contributed by atoms with Crippen molar-refractivity contribution in [3.05, 3.63) is 35.9 Å². The number of allylic oxidation sites excluding steroid dienone is 1. The van der Waals surface area contributed by atoms with Crippen molar-refractivity contribution in [2.24, 2.45) is 0 Å². The van der Waals surface area contributed by atoms with Crippen LogP contribution in [0, 0.1) is 0 Å². The number of ether oxygens (including phenoxy) is 2. The lowest BCUT2D eigenvalue weighted by Gasteiger charge is -2.13. The molecule has 3 nitrogen and oxygen atoms in total. The fourth-order valence-electron chi connectivity index (χ4n) is 1.35. The van der Waals surface area contributed by atoms with Crippen molar-refractivity contribution in [3.8, 4) is 11.5 Å². The van der Waals surface area contributed by atoms with Gasteiger partial charge in [0.15, 0.2) is 0 Å². The minimum absolute atomic E-state index is 0.489. The summed E-state index contributed by atoms with van der Waals surface area (Å²) in [7, 11) is 1.60. The molecular weight excluding hydrogens is 204 g/mol. The van der Waals surface area contributed by atoms with E-state index in [1.165, 1.54) is 0 Å². The summed E-state index contributed by atoms with van der Waals surface area (Å²) in [5.74, 6) is 1.38. The Kier molecular flexibility index (Phi) is 4.86. The molecule has 88 valence electrons. The number of hydrogen-bond acceptors (Lipinski definition) is 3. The maximum absolute atomic E-state index is 9.59. The molecule has 0 heterocycles. The van der Waals surface area contributed by atoms with Gasteiger partial charge in [0.25, 0.3) is 0 Å². The summed E-state index contributed by atoms with van der Waals surface area (Å²) in [6.07, 6.45) is 3.28. The third-order valence-corrected chi connectivity index (χ3v) is 2.24. The Labute approximate surface area is 96.3 Å². The molecule has 0 aliphatic heterocycles. The summed E-state index contributed by atoms with van der Waals surface area (Å²) in [5, 5.41) is 9.59. The monoisotopic (exact) mass is 222 g/mol. The van der Waals surface area contributed by atoms with Crippen LogP contribution >= 0.6 is 0 Å². The van der Waals surface area contributed by atoms with Gasteiger partial charge in [0.2, 0.25) is 0 Å². The van der Waals surface area contributed by atoms with Crippen LogP contribution in [0.4, 0.5) is 0 Å². The summed E-state index contributed by atoms with van der Waals surface area (Å²) < 4.78 is 10.7. The van der Waals surface area contributed by atoms with Crippen molar-refractivity contribution >= 4 is 0 Å². The third-order valence-electron chi connectivity index (χ3n) is 2.24. The predicted molar refractivity (Wildman–Crippen MR) is 63.9 cm³/mol. The molecule has 1 atom stereocenters. The number of hydrogen-bond donors (Lipinski definition) is 1. The van der Waals surface area contributed by atoms with Crippen molar-refractivity contribution in [2.45, 2.75) is 20.0 Å². The van der Waals surface area contributed by atoms with Crippen LogP contribution in [0.2, 0.25) is 0 Å². The molecule has 0 bridgehead atoms. The van der Waals surface area contributed by atoms with Crippen molar-refractivity contribution in [1.82, 2.24) is 0 Å². The summed E-state index contributed by atoms with van der Waals surface area (Å²) in [6.45, 7) is 4.14. The van der Waals surface area contributed by atoms with E-state index in [4.69, 9.17) is 9.47 Å². The quantitative estimate of drug-likeness (QED) is 0.778. The van der Waals surface area contributed by atoms with Gasteiger partial charge in [0, 0.05) is 11.6 Å². The highest BCUT2D eigenvalue weighted by Gasteiger charge is 2.09. The largest absolute Gasteiger partial charge is 0.497 e. The molecular formula is C13H18O3. The first-order chi connectivity index (χ1) is 7.69. The van der Waals surface area contributed by atoms with E-state index in [0.29, 0.717) is 12.4 Å². The fraction of sp³-hybridized carbons (Fsp3) is 0.385. The number of methoxy groups -OCH3 is 1. The molecule has 1 N–H and O–H groups in total. The molecule has 0 fully saturated rings. The second-order valence-electron chi connectivity index (χ2n) is 3.46. The van der Waals surface area contributed by atoms with E-state index in [2.05, 4.69) is 0 Å². The van der Waals surface area contributed by atoms with Crippen molar-refractivity contribution in [2.75, 3.05) is 13.7 Å². The highest BCUT2D eigenvalue weighted by atomic mass is 16.5. The molecule has 0 amide bonds. The zero-order chi connectivity index (χ0) is 12.0. The highest BCUT2D eigenvalue weighted by molar-refractivity contribution is 5.41. The van der Waals surface area contributed by atoms with Gasteiger partial charge in [-0.15, -0.1) is 0 Å². The first kappa shape index (κ1) is 12.6. The minimum Gasteiger partial charge on any atom is -0.497 e. The maximum atomic E-state index is 9.59. The van der Waals surface area contributed by atoms with Crippen molar-refractivity contribution in [3.63, 3.8) is 0 Å². The van der Waals surface area contributed by atoms with Crippen LogP contribution < -0.4 is 9.47 Å². The Balaban J connectivity index is 2.91. The standard InChI is InChI=1S/C13H18O3/c1-4-5-8-16-13-9-11(15-3)6-7-12(13)10(2)14/h4-7,9-10,14H,8H2,1-3H3/b5-4+/t10-/m1/s1. The molecule has 1 aromatic rings. The molecule has 0 saturated heterocycles. The van der Waals surface area contributed by atoms with Gasteiger partial charge in [-0.2, -0.15) is 0 Å². The lowest BCUT2D eigenvalue weighted by molar-refractivity contribution is 0.192. The summed E-state index contributed by atoms with van der Waals surface area (Å²) in [6, 6.07) is 5.41. The fourth-order valence-corrected chi connectivity index (χ4v) is 1.35. The molecule has 0 aliphatic rings. The number of rotatable bonds is 5. The number of aliphatic hydroxyl groups excluding tert-OH is 1. The molecule has 1 aromatic carbocycles. The van der Waals surface area contributed by atoms with E-state index in [9.17, 15) is 5.11 Å². The minimum atomic E-state index is -0.550. The van der Waals surface area contributed by atoms with E-state index in [1.54, 1.807) is 20.1 Å². The zero-order valence-corrected chi connectivity index (χ0v) is 9.93. The molecule has 0 spiro atoms. The van der Waals surface area contributed by atoms with E-state index < -0.39 is 6.10 Å². The average Bonchev–Trinajstić information content (AvgIpc) is 2.29. The van der Waals surface area contributed by atoms with Crippen LogP contribution in [0.3, 0.4) is 0 Å². The normalized spacial score (nSPS) is 12.8. The zero-order valence-electron chi connectivity index (χ0n) is 9.93. The van der Waals surface area contributed by atoms with E-state index in [-0.39, 0.29) is 0 Å². The summed E-state index contributed by atoms with van der Waals surface area (Å²) in [5.41, 5.74) is 0.769. The van der Waals surface area contributed by atoms with Gasteiger partial charge in [-0.25, -0.2) is 0 Å². The Hall–Kier alpha value is -1.48. The predicted octanol–water partition coefficient (Wildman–Crippen LogP) is 2.70. The van der Waals surface area contributed by atoms with Crippen molar-refractivity contribution < 1.29 is 14.6 Å². The third kappa shape index (κ3) is 3.28. The highest BCUT2D eigenvalue weighted by Crippen LogP contribution is 2.29. The second-order valence-corrected chi connectivity index (χ2v) is 3.46. The van der Waals surface area contributed by atoms with Gasteiger partial charge in [-0.3, -0.25) is 0 Å². The molecule has 1 rings (SSSR count). The SMILES string of the molecule is C/C=C/COc1cc(OC)ccc1[C@@H](C)O. The summed E-state index contributed by atoms with van der Waals surface area (Å²) in [4.78, 5) is 0. The van der Waals surface area contributed by atoms with Gasteiger partial charge < -0.3 is 14.6 Å². The Morgan fingerprint density at radius 2 is 2.19 bits per heavy atom. The van der Waals surface area contributed by atoms with Crippen LogP contribution in [0.25, 0.3) is 0 Å². The van der Waals surface area contributed by atoms with Gasteiger partial charge in [0.1, 0.15) is 18.1 Å². The Morgan fingerprint density at radius 1 is 1.44 bits per heavy atom. The number of aliphatic hydroxyl groups is 1. The number of benzene rings is 1. The Morgan fingerprint density at radius 3 is 2.75 bits per heavy atom. The first-order valence-corrected chi connectivity index (χ1v) is 5.29.